The molecule has 1 rings (SSSR count). The van der Waals surface area contributed by atoms with Gasteiger partial charge in [0.1, 0.15) is 22.2 Å². The number of carbonyl (C=O) groups is 2. The van der Waals surface area contributed by atoms with Crippen LogP contribution in [0.15, 0.2) is 6.07 Å². The second-order valence-corrected chi connectivity index (χ2v) is 3.04. The summed E-state index contributed by atoms with van der Waals surface area (Å²) < 4.78 is 43.0. The maximum atomic E-state index is 13.2. The van der Waals surface area contributed by atoms with Crippen molar-refractivity contribution < 1.29 is 27.5 Å². The molecule has 0 aliphatic carbocycles. The summed E-state index contributed by atoms with van der Waals surface area (Å²) in [4.78, 5) is 21.9. The number of esters is 1. The van der Waals surface area contributed by atoms with Crippen molar-refractivity contribution in [2.24, 2.45) is 0 Å². The number of benzene rings is 1. The predicted octanol–water partition coefficient (Wildman–Crippen LogP) is 2.11. The molecule has 1 aromatic carbocycles. The van der Waals surface area contributed by atoms with Crippen molar-refractivity contribution in [2.45, 2.75) is 0 Å². The van der Waals surface area contributed by atoms with Crippen molar-refractivity contribution in [2.75, 3.05) is 7.11 Å². The highest BCUT2D eigenvalue weighted by atomic mass is 35.5. The summed E-state index contributed by atoms with van der Waals surface area (Å²) in [6, 6.07) is 0.210. The first kappa shape index (κ1) is 12.5. The Labute approximate surface area is 92.8 Å². The Bertz CT molecular complexity index is 474. The Balaban J connectivity index is 3.40. The zero-order valence-electron chi connectivity index (χ0n) is 7.81. The van der Waals surface area contributed by atoms with Crippen molar-refractivity contribution in [1.82, 2.24) is 0 Å². The lowest BCUT2D eigenvalue weighted by Gasteiger charge is -2.04. The Morgan fingerprint density at radius 1 is 1.25 bits per heavy atom. The van der Waals surface area contributed by atoms with E-state index in [1.807, 2.05) is 0 Å². The first-order valence-electron chi connectivity index (χ1n) is 3.85. The zero-order valence-corrected chi connectivity index (χ0v) is 8.57. The average molecular weight is 253 g/mol. The molecule has 0 aliphatic heterocycles. The number of Topliss-reactive ketones (excluding diaryl/α,β-unsaturated/α-hetero) is 1. The largest absolute Gasteiger partial charge is 0.463 e. The van der Waals surface area contributed by atoms with Crippen LogP contribution in [0.1, 0.15) is 10.4 Å². The molecule has 3 nitrogen and oxygen atoms in total. The molecule has 0 spiro atoms. The van der Waals surface area contributed by atoms with Gasteiger partial charge < -0.3 is 4.74 Å². The van der Waals surface area contributed by atoms with E-state index in [1.54, 1.807) is 0 Å². The number of carbonyl (C=O) groups excluding carboxylic acids is 2. The fraction of sp³-hybridized carbons (Fsp3) is 0.111. The van der Waals surface area contributed by atoms with Gasteiger partial charge in [-0.3, -0.25) is 4.79 Å². The third-order valence-electron chi connectivity index (χ3n) is 1.71. The normalized spacial score (nSPS) is 10.1. The molecular weight excluding hydrogens is 249 g/mol. The van der Waals surface area contributed by atoms with Crippen molar-refractivity contribution in [3.8, 4) is 0 Å². The second-order valence-electron chi connectivity index (χ2n) is 2.66. The molecule has 0 bridgehead atoms. The van der Waals surface area contributed by atoms with Crippen molar-refractivity contribution in [3.05, 3.63) is 34.1 Å². The molecule has 0 unspecified atom stereocenters. The highest BCUT2D eigenvalue weighted by Crippen LogP contribution is 2.25. The minimum Gasteiger partial charge on any atom is -0.463 e. The summed E-state index contributed by atoms with van der Waals surface area (Å²) in [6.45, 7) is 0. The summed E-state index contributed by atoms with van der Waals surface area (Å²) in [7, 11) is 0.862. The van der Waals surface area contributed by atoms with Crippen LogP contribution in [0, 0.1) is 17.5 Å². The first-order valence-corrected chi connectivity index (χ1v) is 4.23. The van der Waals surface area contributed by atoms with Gasteiger partial charge in [0.25, 0.3) is 5.78 Å². The molecule has 0 heterocycles. The number of hydrogen-bond donors (Lipinski definition) is 0. The van der Waals surface area contributed by atoms with Crippen LogP contribution in [0.2, 0.25) is 5.02 Å². The van der Waals surface area contributed by atoms with E-state index in [0.717, 1.165) is 7.11 Å². The van der Waals surface area contributed by atoms with E-state index in [2.05, 4.69) is 4.74 Å². The van der Waals surface area contributed by atoms with Crippen LogP contribution in [0.4, 0.5) is 13.2 Å². The van der Waals surface area contributed by atoms with Gasteiger partial charge in [0, 0.05) is 6.07 Å². The van der Waals surface area contributed by atoms with E-state index in [9.17, 15) is 22.8 Å². The van der Waals surface area contributed by atoms with Gasteiger partial charge in [0.05, 0.1) is 7.11 Å². The van der Waals surface area contributed by atoms with Crippen LogP contribution in [0.3, 0.4) is 0 Å². The highest BCUT2D eigenvalue weighted by molar-refractivity contribution is 6.41. The Hall–Kier alpha value is -1.56. The van der Waals surface area contributed by atoms with E-state index in [-0.39, 0.29) is 6.07 Å². The molecule has 0 saturated heterocycles. The molecule has 0 aromatic heterocycles. The van der Waals surface area contributed by atoms with Gasteiger partial charge in [-0.1, -0.05) is 11.6 Å². The van der Waals surface area contributed by atoms with E-state index in [0.29, 0.717) is 0 Å². The van der Waals surface area contributed by atoms with E-state index >= 15 is 0 Å². The topological polar surface area (TPSA) is 43.4 Å². The summed E-state index contributed by atoms with van der Waals surface area (Å²) in [5.74, 6) is -7.55. The van der Waals surface area contributed by atoms with Crippen LogP contribution in [0.5, 0.6) is 0 Å². The van der Waals surface area contributed by atoms with E-state index in [1.165, 1.54) is 0 Å². The first-order chi connectivity index (χ1) is 7.40. The molecule has 0 N–H and O–H groups in total. The third-order valence-corrected chi connectivity index (χ3v) is 2.06. The fourth-order valence-corrected chi connectivity index (χ4v) is 1.12. The Morgan fingerprint density at radius 2 is 1.81 bits per heavy atom. The highest BCUT2D eigenvalue weighted by Gasteiger charge is 2.28. The molecule has 7 heteroatoms. The van der Waals surface area contributed by atoms with Gasteiger partial charge in [-0.25, -0.2) is 18.0 Å². The maximum absolute atomic E-state index is 13.2. The second kappa shape index (κ2) is 4.52. The van der Waals surface area contributed by atoms with Crippen molar-refractivity contribution in [3.63, 3.8) is 0 Å². The minimum atomic E-state index is -1.63. The van der Waals surface area contributed by atoms with Crippen LogP contribution in [-0.4, -0.2) is 18.9 Å². The lowest BCUT2D eigenvalue weighted by atomic mass is 10.1. The lowest BCUT2D eigenvalue weighted by molar-refractivity contribution is -0.135. The molecule has 1 aromatic rings. The van der Waals surface area contributed by atoms with Crippen LogP contribution in [0.25, 0.3) is 0 Å². The molecule has 0 atom stereocenters. The molecular formula is C9H4ClF3O3. The molecule has 0 amide bonds. The quantitative estimate of drug-likeness (QED) is 0.266. The lowest BCUT2D eigenvalue weighted by Crippen LogP contribution is -2.19. The van der Waals surface area contributed by atoms with Gasteiger partial charge in [0.15, 0.2) is 5.82 Å². The number of hydrogen-bond acceptors (Lipinski definition) is 3. The standard InChI is InChI=1S/C9H4ClF3O3/c1-16-9(15)8(14)5-3(11)2-4(12)6(10)7(5)13/h2H,1H3. The maximum Gasteiger partial charge on any atom is 0.379 e. The van der Waals surface area contributed by atoms with E-state index < -0.39 is 39.8 Å². The number of ketones is 1. The molecule has 16 heavy (non-hydrogen) atoms. The SMILES string of the molecule is COC(=O)C(=O)c1c(F)cc(F)c(Cl)c1F. The Morgan fingerprint density at radius 3 is 2.31 bits per heavy atom. The number of methoxy groups -OCH3 is 1. The van der Waals surface area contributed by atoms with Gasteiger partial charge in [-0.05, 0) is 0 Å². The number of halogens is 4. The van der Waals surface area contributed by atoms with Gasteiger partial charge >= 0.3 is 5.97 Å². The summed E-state index contributed by atoms with van der Waals surface area (Å²) >= 11 is 5.13. The average Bonchev–Trinajstić information content (AvgIpc) is 2.24. The van der Waals surface area contributed by atoms with Crippen LogP contribution in [-0.2, 0) is 9.53 Å². The van der Waals surface area contributed by atoms with Crippen molar-refractivity contribution in [1.29, 1.82) is 0 Å². The molecule has 0 saturated carbocycles. The summed E-state index contributed by atoms with van der Waals surface area (Å²) in [5, 5.41) is -1.06. The van der Waals surface area contributed by atoms with Gasteiger partial charge in [-0.15, -0.1) is 0 Å². The van der Waals surface area contributed by atoms with Gasteiger partial charge in [0.2, 0.25) is 0 Å². The minimum absolute atomic E-state index is 0.210. The zero-order chi connectivity index (χ0) is 12.5. The molecule has 0 radical (unpaired) electrons. The van der Waals surface area contributed by atoms with Crippen LogP contribution >= 0.6 is 11.6 Å². The van der Waals surface area contributed by atoms with Crippen LogP contribution < -0.4 is 0 Å². The van der Waals surface area contributed by atoms with E-state index in [4.69, 9.17) is 11.6 Å². The van der Waals surface area contributed by atoms with Gasteiger partial charge in [-0.2, -0.15) is 0 Å². The monoisotopic (exact) mass is 252 g/mol. The predicted molar refractivity (Wildman–Crippen MR) is 47.7 cm³/mol. The molecule has 86 valence electrons. The number of rotatable bonds is 2. The summed E-state index contributed by atoms with van der Waals surface area (Å²) in [5.41, 5.74) is -1.24. The molecule has 0 fully saturated rings. The smallest absolute Gasteiger partial charge is 0.379 e. The Kier molecular flexibility index (Phi) is 3.54. The summed E-state index contributed by atoms with van der Waals surface area (Å²) in [6.07, 6.45) is 0. The van der Waals surface area contributed by atoms with Crippen molar-refractivity contribution >= 4 is 23.4 Å². The third kappa shape index (κ3) is 2.01. The molecule has 0 aliphatic rings. The fourth-order valence-electron chi connectivity index (χ4n) is 0.969. The number of ether oxygens (including phenoxy) is 1.